The van der Waals surface area contributed by atoms with Gasteiger partial charge in [0, 0.05) is 6.42 Å². The maximum absolute atomic E-state index is 12.9. The molecule has 0 aromatic rings. The lowest BCUT2D eigenvalue weighted by molar-refractivity contribution is -0.870. The molecular formula is C55H102N2O6P+. The van der Waals surface area contributed by atoms with Crippen LogP contribution in [0.3, 0.4) is 0 Å². The average Bonchev–Trinajstić information content (AvgIpc) is 3.25. The van der Waals surface area contributed by atoms with Crippen molar-refractivity contribution < 1.29 is 32.9 Å². The minimum atomic E-state index is -4.36. The van der Waals surface area contributed by atoms with Crippen molar-refractivity contribution in [3.05, 3.63) is 72.9 Å². The number of aliphatic hydroxyl groups excluding tert-OH is 1. The standard InChI is InChI=1S/C55H101N2O6P/c1-6-8-10-12-14-16-18-20-22-23-24-25-26-27-28-29-30-31-32-33-35-37-39-41-43-45-47-49-55(59)56-53(52-63-64(60,61)62-51-50-57(3,4)5)54(58)48-46-44-42-40-38-36-34-21-19-17-15-13-11-9-7-2/h18-21,23-24,26-27,38,40,46,48,53-54,58H,6-17,22,25,28-37,39,41-45,47,49-52H2,1-5H3,(H-,56,59,60,61)/p+1/b20-18-,21-19+,24-23-,27-26-,40-38+,48-46+. The number of likely N-dealkylation sites (N-methyl/N-ethyl adjacent to an activating group) is 1. The first-order valence-corrected chi connectivity index (χ1v) is 27.8. The summed E-state index contributed by atoms with van der Waals surface area (Å²) in [5.41, 5.74) is 0. The summed E-state index contributed by atoms with van der Waals surface area (Å²) >= 11 is 0. The molecule has 9 heteroatoms. The smallest absolute Gasteiger partial charge is 0.387 e. The Balaban J connectivity index is 4.27. The van der Waals surface area contributed by atoms with Crippen molar-refractivity contribution in [3.8, 4) is 0 Å². The lowest BCUT2D eigenvalue weighted by atomic mass is 10.0. The summed E-state index contributed by atoms with van der Waals surface area (Å²) in [6.07, 6.45) is 62.8. The molecule has 0 aliphatic rings. The van der Waals surface area contributed by atoms with E-state index in [-0.39, 0.29) is 19.1 Å². The zero-order chi connectivity index (χ0) is 47.1. The highest BCUT2D eigenvalue weighted by atomic mass is 31.2. The van der Waals surface area contributed by atoms with Crippen LogP contribution in [0.4, 0.5) is 0 Å². The molecule has 0 spiro atoms. The van der Waals surface area contributed by atoms with Crippen LogP contribution in [-0.2, 0) is 18.4 Å². The van der Waals surface area contributed by atoms with Gasteiger partial charge in [-0.15, -0.1) is 0 Å². The monoisotopic (exact) mass is 918 g/mol. The highest BCUT2D eigenvalue weighted by molar-refractivity contribution is 7.47. The molecule has 0 heterocycles. The number of nitrogens with one attached hydrogen (secondary N) is 1. The van der Waals surface area contributed by atoms with E-state index in [0.29, 0.717) is 17.4 Å². The highest BCUT2D eigenvalue weighted by Gasteiger charge is 2.27. The van der Waals surface area contributed by atoms with Crippen LogP contribution in [0.15, 0.2) is 72.9 Å². The number of hydrogen-bond acceptors (Lipinski definition) is 5. The number of phosphoric ester groups is 1. The fourth-order valence-electron chi connectivity index (χ4n) is 7.20. The van der Waals surface area contributed by atoms with Crippen molar-refractivity contribution in [2.45, 2.75) is 231 Å². The predicted octanol–water partition coefficient (Wildman–Crippen LogP) is 15.5. The molecule has 8 nitrogen and oxygen atoms in total. The Kier molecular flexibility index (Phi) is 44.6. The Morgan fingerprint density at radius 3 is 1.36 bits per heavy atom. The van der Waals surface area contributed by atoms with Gasteiger partial charge in [-0.05, 0) is 83.5 Å². The van der Waals surface area contributed by atoms with E-state index in [4.69, 9.17) is 9.05 Å². The molecule has 0 aliphatic carbocycles. The summed E-state index contributed by atoms with van der Waals surface area (Å²) in [4.78, 5) is 23.2. The maximum Gasteiger partial charge on any atom is 0.472 e. The number of hydrogen-bond donors (Lipinski definition) is 3. The molecule has 3 unspecified atom stereocenters. The van der Waals surface area contributed by atoms with Crippen LogP contribution in [0.5, 0.6) is 0 Å². The van der Waals surface area contributed by atoms with Gasteiger partial charge in [0.05, 0.1) is 39.9 Å². The van der Waals surface area contributed by atoms with Gasteiger partial charge in [0.2, 0.25) is 5.91 Å². The molecule has 372 valence electrons. The lowest BCUT2D eigenvalue weighted by Gasteiger charge is -2.25. The summed E-state index contributed by atoms with van der Waals surface area (Å²) in [6, 6.07) is -0.873. The average molecular weight is 918 g/mol. The van der Waals surface area contributed by atoms with E-state index in [1.54, 1.807) is 6.08 Å². The normalized spacial score (nSPS) is 14.7. The second-order valence-electron chi connectivity index (χ2n) is 18.9. The number of allylic oxidation sites excluding steroid dienone is 11. The largest absolute Gasteiger partial charge is 0.472 e. The van der Waals surface area contributed by atoms with Crippen LogP contribution in [0.2, 0.25) is 0 Å². The van der Waals surface area contributed by atoms with E-state index >= 15 is 0 Å². The van der Waals surface area contributed by atoms with Gasteiger partial charge in [-0.25, -0.2) is 4.57 Å². The summed E-state index contributed by atoms with van der Waals surface area (Å²) in [6.45, 7) is 4.75. The van der Waals surface area contributed by atoms with Crippen LogP contribution in [0, 0.1) is 0 Å². The molecule has 0 rings (SSSR count). The molecule has 0 saturated carbocycles. The minimum Gasteiger partial charge on any atom is -0.387 e. The highest BCUT2D eigenvalue weighted by Crippen LogP contribution is 2.43. The third-order valence-electron chi connectivity index (χ3n) is 11.4. The third-order valence-corrected chi connectivity index (χ3v) is 12.4. The molecular weight excluding hydrogens is 816 g/mol. The third kappa shape index (κ3) is 47.9. The number of quaternary nitrogens is 1. The molecule has 0 aromatic heterocycles. The van der Waals surface area contributed by atoms with Crippen LogP contribution in [0.25, 0.3) is 0 Å². The fourth-order valence-corrected chi connectivity index (χ4v) is 7.93. The van der Waals surface area contributed by atoms with Crippen LogP contribution < -0.4 is 5.32 Å². The van der Waals surface area contributed by atoms with E-state index in [1.165, 1.54) is 141 Å². The first kappa shape index (κ1) is 61.9. The van der Waals surface area contributed by atoms with Crippen molar-refractivity contribution in [2.24, 2.45) is 0 Å². The van der Waals surface area contributed by atoms with Gasteiger partial charge in [-0.2, -0.15) is 0 Å². The van der Waals surface area contributed by atoms with E-state index in [9.17, 15) is 19.4 Å². The first-order chi connectivity index (χ1) is 31.0. The molecule has 3 atom stereocenters. The number of carbonyl (C=O) groups excluding carboxylic acids is 1. The predicted molar refractivity (Wildman–Crippen MR) is 276 cm³/mol. The van der Waals surface area contributed by atoms with E-state index in [1.807, 2.05) is 27.2 Å². The number of rotatable bonds is 47. The van der Waals surface area contributed by atoms with Crippen LogP contribution in [-0.4, -0.2) is 73.4 Å². The van der Waals surface area contributed by atoms with Gasteiger partial charge < -0.3 is 19.8 Å². The molecule has 0 aromatic carbocycles. The quantitative estimate of drug-likeness (QED) is 0.0243. The first-order valence-electron chi connectivity index (χ1n) is 26.3. The SMILES string of the molecule is CCCCCCC/C=C\C/C=C\C/C=C\CCCCCCCCCCCCCCC(=O)NC(COP(=O)(O)OCC[N+](C)(C)C)C(O)/C=C/CC/C=C/CC/C=C/CCCCCCC. The number of carbonyl (C=O) groups is 1. The number of aliphatic hydroxyl groups is 1. The Hall–Kier alpha value is -2.06. The molecule has 0 saturated heterocycles. The topological polar surface area (TPSA) is 105 Å². The van der Waals surface area contributed by atoms with Gasteiger partial charge >= 0.3 is 7.82 Å². The van der Waals surface area contributed by atoms with E-state index in [2.05, 4.69) is 79.9 Å². The van der Waals surface area contributed by atoms with Crippen molar-refractivity contribution in [2.75, 3.05) is 40.9 Å². The Morgan fingerprint density at radius 2 is 0.906 bits per heavy atom. The van der Waals surface area contributed by atoms with Crippen molar-refractivity contribution in [3.63, 3.8) is 0 Å². The van der Waals surface area contributed by atoms with Gasteiger partial charge in [0.15, 0.2) is 0 Å². The van der Waals surface area contributed by atoms with Crippen molar-refractivity contribution in [1.29, 1.82) is 0 Å². The van der Waals surface area contributed by atoms with Crippen molar-refractivity contribution in [1.82, 2.24) is 5.32 Å². The maximum atomic E-state index is 12.9. The summed E-state index contributed by atoms with van der Waals surface area (Å²) in [7, 11) is 1.54. The van der Waals surface area contributed by atoms with Gasteiger partial charge in [-0.1, -0.05) is 202 Å². The second-order valence-corrected chi connectivity index (χ2v) is 20.3. The Morgan fingerprint density at radius 1 is 0.531 bits per heavy atom. The lowest BCUT2D eigenvalue weighted by Crippen LogP contribution is -2.45. The Labute approximate surface area is 395 Å². The van der Waals surface area contributed by atoms with E-state index in [0.717, 1.165) is 57.8 Å². The molecule has 64 heavy (non-hydrogen) atoms. The molecule has 0 aliphatic heterocycles. The van der Waals surface area contributed by atoms with Gasteiger partial charge in [0.1, 0.15) is 13.2 Å². The number of unbranched alkanes of at least 4 members (excludes halogenated alkanes) is 24. The van der Waals surface area contributed by atoms with Crippen molar-refractivity contribution >= 4 is 13.7 Å². The molecule has 0 bridgehead atoms. The zero-order valence-electron chi connectivity index (χ0n) is 42.3. The van der Waals surface area contributed by atoms with Crippen LogP contribution >= 0.6 is 7.82 Å². The van der Waals surface area contributed by atoms with Gasteiger partial charge in [-0.3, -0.25) is 13.8 Å². The van der Waals surface area contributed by atoms with Gasteiger partial charge in [0.25, 0.3) is 0 Å². The number of amides is 1. The molecule has 0 radical (unpaired) electrons. The number of phosphoric acid groups is 1. The molecule has 1 amide bonds. The minimum absolute atomic E-state index is 0.0505. The number of nitrogens with zero attached hydrogens (tertiary/aromatic N) is 1. The summed E-state index contributed by atoms with van der Waals surface area (Å²) in [5, 5.41) is 13.8. The summed E-state index contributed by atoms with van der Waals surface area (Å²) < 4.78 is 23.6. The van der Waals surface area contributed by atoms with E-state index < -0.39 is 20.0 Å². The Bertz CT molecular complexity index is 1270. The summed E-state index contributed by atoms with van der Waals surface area (Å²) in [5.74, 6) is -0.195. The zero-order valence-corrected chi connectivity index (χ0v) is 43.1. The molecule has 0 fully saturated rings. The fraction of sp³-hybridized carbons (Fsp3) is 0.764. The molecule has 3 N–H and O–H groups in total. The second kappa shape index (κ2) is 46.1. The van der Waals surface area contributed by atoms with Crippen LogP contribution in [0.1, 0.15) is 219 Å².